The molecule has 4 nitrogen and oxygen atoms in total. The molecule has 4 heteroatoms. The molecule has 0 atom stereocenters. The minimum absolute atomic E-state index is 0.0336. The van der Waals surface area contributed by atoms with E-state index in [0.29, 0.717) is 24.7 Å². The van der Waals surface area contributed by atoms with E-state index in [1.54, 1.807) is 0 Å². The SMILES string of the molecule is CCC(=O)Nc1ccc(C(c2ccc(NC(=O)CC)cc2)C2CCCCC2)cc1. The third kappa shape index (κ3) is 5.69. The van der Waals surface area contributed by atoms with Crippen LogP contribution in [0.1, 0.15) is 75.8 Å². The lowest BCUT2D eigenvalue weighted by atomic mass is 9.73. The summed E-state index contributed by atoms with van der Waals surface area (Å²) in [6.07, 6.45) is 7.35. The third-order valence-corrected chi connectivity index (χ3v) is 5.87. The summed E-state index contributed by atoms with van der Waals surface area (Å²) < 4.78 is 0. The fourth-order valence-electron chi connectivity index (χ4n) is 4.25. The van der Waals surface area contributed by atoms with E-state index in [2.05, 4.69) is 34.9 Å². The van der Waals surface area contributed by atoms with E-state index in [1.807, 2.05) is 38.1 Å². The van der Waals surface area contributed by atoms with Gasteiger partial charge < -0.3 is 10.6 Å². The second kappa shape index (κ2) is 10.2. The Labute approximate surface area is 174 Å². The Hall–Kier alpha value is -2.62. The van der Waals surface area contributed by atoms with Gasteiger partial charge in [-0.1, -0.05) is 57.4 Å². The maximum absolute atomic E-state index is 11.7. The van der Waals surface area contributed by atoms with Crippen LogP contribution in [-0.4, -0.2) is 11.8 Å². The molecule has 0 bridgehead atoms. The Bertz CT molecular complexity index is 744. The third-order valence-electron chi connectivity index (χ3n) is 5.87. The van der Waals surface area contributed by atoms with Gasteiger partial charge in [0.2, 0.25) is 11.8 Å². The zero-order valence-electron chi connectivity index (χ0n) is 17.5. The molecule has 1 aliphatic rings. The minimum Gasteiger partial charge on any atom is -0.326 e. The molecule has 154 valence electrons. The molecule has 0 heterocycles. The molecule has 0 aliphatic heterocycles. The smallest absolute Gasteiger partial charge is 0.224 e. The van der Waals surface area contributed by atoms with Crippen molar-refractivity contribution >= 4 is 23.2 Å². The molecular formula is C25H32N2O2. The Morgan fingerprint density at radius 2 is 1.17 bits per heavy atom. The van der Waals surface area contributed by atoms with Gasteiger partial charge in [-0.15, -0.1) is 0 Å². The fourth-order valence-corrected chi connectivity index (χ4v) is 4.25. The molecule has 3 rings (SSSR count). The molecule has 2 amide bonds. The van der Waals surface area contributed by atoms with Crippen LogP contribution < -0.4 is 10.6 Å². The number of hydrogen-bond donors (Lipinski definition) is 2. The van der Waals surface area contributed by atoms with Gasteiger partial charge >= 0.3 is 0 Å². The second-order valence-corrected chi connectivity index (χ2v) is 7.92. The van der Waals surface area contributed by atoms with Crippen molar-refractivity contribution in [2.24, 2.45) is 5.92 Å². The van der Waals surface area contributed by atoms with E-state index >= 15 is 0 Å². The van der Waals surface area contributed by atoms with Crippen molar-refractivity contribution in [3.63, 3.8) is 0 Å². The highest BCUT2D eigenvalue weighted by Crippen LogP contribution is 2.41. The number of hydrogen-bond acceptors (Lipinski definition) is 2. The van der Waals surface area contributed by atoms with Crippen LogP contribution in [0, 0.1) is 5.92 Å². The zero-order chi connectivity index (χ0) is 20.6. The molecule has 2 aromatic rings. The molecular weight excluding hydrogens is 360 g/mol. The first kappa shape index (κ1) is 21.1. The molecule has 0 aromatic heterocycles. The average molecular weight is 393 g/mol. The molecule has 0 unspecified atom stereocenters. The monoisotopic (exact) mass is 392 g/mol. The Morgan fingerprint density at radius 3 is 1.55 bits per heavy atom. The van der Waals surface area contributed by atoms with Crippen LogP contribution in [0.5, 0.6) is 0 Å². The number of carbonyl (C=O) groups is 2. The van der Waals surface area contributed by atoms with Crippen LogP contribution in [0.2, 0.25) is 0 Å². The molecule has 29 heavy (non-hydrogen) atoms. The van der Waals surface area contributed by atoms with Crippen LogP contribution in [-0.2, 0) is 9.59 Å². The average Bonchev–Trinajstić information content (AvgIpc) is 2.77. The summed E-state index contributed by atoms with van der Waals surface area (Å²) >= 11 is 0. The van der Waals surface area contributed by atoms with Gasteiger partial charge in [-0.2, -0.15) is 0 Å². The lowest BCUT2D eigenvalue weighted by Crippen LogP contribution is -2.18. The predicted octanol–water partition coefficient (Wildman–Crippen LogP) is 6.10. The zero-order valence-corrected chi connectivity index (χ0v) is 17.5. The molecule has 0 spiro atoms. The molecule has 1 fully saturated rings. The van der Waals surface area contributed by atoms with E-state index in [-0.39, 0.29) is 11.8 Å². The lowest BCUT2D eigenvalue weighted by molar-refractivity contribution is -0.116. The van der Waals surface area contributed by atoms with E-state index < -0.39 is 0 Å². The largest absolute Gasteiger partial charge is 0.326 e. The van der Waals surface area contributed by atoms with E-state index in [9.17, 15) is 9.59 Å². The summed E-state index contributed by atoms with van der Waals surface area (Å²) in [5.74, 6) is 1.02. The van der Waals surface area contributed by atoms with Crippen LogP contribution >= 0.6 is 0 Å². The number of rotatable bonds is 7. The van der Waals surface area contributed by atoms with E-state index in [0.717, 1.165) is 11.4 Å². The summed E-state index contributed by atoms with van der Waals surface area (Å²) in [7, 11) is 0. The standard InChI is InChI=1S/C25H32N2O2/c1-3-23(28)26-21-14-10-19(11-15-21)25(18-8-6-5-7-9-18)20-12-16-22(17-13-20)27-24(29)4-2/h10-18,25H,3-9H2,1-2H3,(H,26,28)(H,27,29). The van der Waals surface area contributed by atoms with Crippen LogP contribution in [0.25, 0.3) is 0 Å². The number of benzene rings is 2. The quantitative estimate of drug-likeness (QED) is 0.598. The molecule has 0 saturated heterocycles. The van der Waals surface area contributed by atoms with Crippen molar-refractivity contribution in [2.75, 3.05) is 10.6 Å². The molecule has 0 radical (unpaired) electrons. The summed E-state index contributed by atoms with van der Waals surface area (Å²) in [4.78, 5) is 23.3. The molecule has 2 aromatic carbocycles. The first-order valence-electron chi connectivity index (χ1n) is 10.9. The first-order chi connectivity index (χ1) is 14.1. The van der Waals surface area contributed by atoms with Crippen molar-refractivity contribution in [1.29, 1.82) is 0 Å². The fraction of sp³-hybridized carbons (Fsp3) is 0.440. The Morgan fingerprint density at radius 1 is 0.759 bits per heavy atom. The van der Waals surface area contributed by atoms with Gasteiger partial charge in [0.15, 0.2) is 0 Å². The van der Waals surface area contributed by atoms with Crippen molar-refractivity contribution in [3.8, 4) is 0 Å². The van der Waals surface area contributed by atoms with E-state index in [4.69, 9.17) is 0 Å². The summed E-state index contributed by atoms with van der Waals surface area (Å²) in [5.41, 5.74) is 4.27. The highest BCUT2D eigenvalue weighted by Gasteiger charge is 2.26. The van der Waals surface area contributed by atoms with Crippen LogP contribution in [0.4, 0.5) is 11.4 Å². The normalized spacial score (nSPS) is 14.6. The van der Waals surface area contributed by atoms with Gasteiger partial charge in [0.1, 0.15) is 0 Å². The van der Waals surface area contributed by atoms with Gasteiger partial charge in [0.05, 0.1) is 0 Å². The molecule has 2 N–H and O–H groups in total. The predicted molar refractivity (Wildman–Crippen MR) is 119 cm³/mol. The van der Waals surface area contributed by atoms with Crippen LogP contribution in [0.15, 0.2) is 48.5 Å². The van der Waals surface area contributed by atoms with Crippen LogP contribution in [0.3, 0.4) is 0 Å². The van der Waals surface area contributed by atoms with Crippen molar-refractivity contribution < 1.29 is 9.59 Å². The van der Waals surface area contributed by atoms with Gasteiger partial charge in [-0.05, 0) is 54.2 Å². The van der Waals surface area contributed by atoms with Gasteiger partial charge in [0.25, 0.3) is 0 Å². The Kier molecular flexibility index (Phi) is 7.45. The highest BCUT2D eigenvalue weighted by molar-refractivity contribution is 5.91. The maximum Gasteiger partial charge on any atom is 0.224 e. The van der Waals surface area contributed by atoms with Gasteiger partial charge in [-0.3, -0.25) is 9.59 Å². The van der Waals surface area contributed by atoms with Gasteiger partial charge in [0, 0.05) is 30.1 Å². The van der Waals surface area contributed by atoms with Gasteiger partial charge in [-0.25, -0.2) is 0 Å². The number of nitrogens with one attached hydrogen (secondary N) is 2. The summed E-state index contributed by atoms with van der Waals surface area (Å²) in [6.45, 7) is 3.71. The summed E-state index contributed by atoms with van der Waals surface area (Å²) in [6, 6.07) is 16.6. The van der Waals surface area contributed by atoms with Crippen molar-refractivity contribution in [2.45, 2.75) is 64.7 Å². The highest BCUT2D eigenvalue weighted by atomic mass is 16.2. The number of anilines is 2. The number of amides is 2. The number of carbonyl (C=O) groups excluding carboxylic acids is 2. The Balaban J connectivity index is 1.85. The topological polar surface area (TPSA) is 58.2 Å². The second-order valence-electron chi connectivity index (χ2n) is 7.92. The van der Waals surface area contributed by atoms with Crippen molar-refractivity contribution in [3.05, 3.63) is 59.7 Å². The first-order valence-corrected chi connectivity index (χ1v) is 10.9. The summed E-state index contributed by atoms with van der Waals surface area (Å²) in [5, 5.41) is 5.86. The maximum atomic E-state index is 11.7. The van der Waals surface area contributed by atoms with Crippen molar-refractivity contribution in [1.82, 2.24) is 0 Å². The van der Waals surface area contributed by atoms with E-state index in [1.165, 1.54) is 43.2 Å². The lowest BCUT2D eigenvalue weighted by Gasteiger charge is -2.31. The minimum atomic E-state index is 0.0336. The molecule has 1 aliphatic carbocycles. The molecule has 1 saturated carbocycles.